The molecular formula is C25H28ClN3O4. The molecular weight excluding hydrogens is 442 g/mol. The van der Waals surface area contributed by atoms with Crippen LogP contribution in [0.1, 0.15) is 46.0 Å². The standard InChI is InChI=1S/C23H22ClN3O4.C2H6/c24-20-17(4-3-5-18(20)26-13-10-19(28)25-21(26)29)15-6-8-16(9-7-15)27-22(30)31-14-23(27)11-1-2-12-23;1-2/h3-9H,1-2,10-14H2,(H,25,28,29);1-2H3. The van der Waals surface area contributed by atoms with Crippen LogP contribution in [0.3, 0.4) is 0 Å². The van der Waals surface area contributed by atoms with E-state index in [1.165, 1.54) is 4.90 Å². The Morgan fingerprint density at radius 3 is 2.36 bits per heavy atom. The van der Waals surface area contributed by atoms with Crippen molar-refractivity contribution in [2.75, 3.05) is 23.0 Å². The lowest BCUT2D eigenvalue weighted by molar-refractivity contribution is -0.120. The number of halogens is 1. The summed E-state index contributed by atoms with van der Waals surface area (Å²) in [7, 11) is 0. The number of benzene rings is 2. The number of carbonyl (C=O) groups is 3. The van der Waals surface area contributed by atoms with Gasteiger partial charge in [0.15, 0.2) is 0 Å². The number of carbonyl (C=O) groups excluding carboxylic acids is 3. The van der Waals surface area contributed by atoms with Crippen molar-refractivity contribution in [1.29, 1.82) is 0 Å². The number of nitrogens with zero attached hydrogens (tertiary/aromatic N) is 2. The molecule has 2 heterocycles. The molecule has 174 valence electrons. The van der Waals surface area contributed by atoms with E-state index in [9.17, 15) is 14.4 Å². The number of ether oxygens (including phenoxy) is 1. The highest BCUT2D eigenvalue weighted by atomic mass is 35.5. The topological polar surface area (TPSA) is 79.0 Å². The van der Waals surface area contributed by atoms with E-state index >= 15 is 0 Å². The van der Waals surface area contributed by atoms with Crippen LogP contribution in [0.4, 0.5) is 21.0 Å². The first-order chi connectivity index (χ1) is 16.0. The minimum absolute atomic E-state index is 0.227. The highest BCUT2D eigenvalue weighted by molar-refractivity contribution is 6.36. The zero-order chi connectivity index (χ0) is 23.6. The Bertz CT molecular complexity index is 1060. The van der Waals surface area contributed by atoms with E-state index in [4.69, 9.17) is 16.3 Å². The fourth-order valence-electron chi connectivity index (χ4n) is 4.83. The van der Waals surface area contributed by atoms with Gasteiger partial charge in [0.2, 0.25) is 5.91 Å². The fraction of sp³-hybridized carbons (Fsp3) is 0.400. The van der Waals surface area contributed by atoms with Crippen LogP contribution in [-0.4, -0.2) is 36.7 Å². The molecule has 2 aromatic rings. The van der Waals surface area contributed by atoms with Crippen LogP contribution in [0.25, 0.3) is 11.1 Å². The summed E-state index contributed by atoms with van der Waals surface area (Å²) >= 11 is 6.68. The monoisotopic (exact) mass is 469 g/mol. The molecule has 3 aliphatic rings. The van der Waals surface area contributed by atoms with Gasteiger partial charge in [0.05, 0.1) is 16.2 Å². The summed E-state index contributed by atoms with van der Waals surface area (Å²) in [6.07, 6.45) is 4.05. The van der Waals surface area contributed by atoms with Crippen LogP contribution >= 0.6 is 11.6 Å². The van der Waals surface area contributed by atoms with Crippen LogP contribution in [0.2, 0.25) is 5.02 Å². The van der Waals surface area contributed by atoms with Gasteiger partial charge >= 0.3 is 12.1 Å². The maximum Gasteiger partial charge on any atom is 0.415 e. The molecule has 0 unspecified atom stereocenters. The van der Waals surface area contributed by atoms with E-state index in [0.29, 0.717) is 17.3 Å². The Balaban J connectivity index is 0.00000126. The van der Waals surface area contributed by atoms with Gasteiger partial charge < -0.3 is 4.74 Å². The lowest BCUT2D eigenvalue weighted by atomic mass is 9.96. The zero-order valence-electron chi connectivity index (χ0n) is 18.9. The first-order valence-electron chi connectivity index (χ1n) is 11.5. The van der Waals surface area contributed by atoms with Crippen LogP contribution in [0, 0.1) is 0 Å². The first kappa shape index (κ1) is 23.1. The van der Waals surface area contributed by atoms with Gasteiger partial charge in [0, 0.05) is 24.2 Å². The first-order valence-corrected chi connectivity index (χ1v) is 11.8. The van der Waals surface area contributed by atoms with Crippen molar-refractivity contribution in [3.8, 4) is 11.1 Å². The molecule has 8 heteroatoms. The third-order valence-corrected chi connectivity index (χ3v) is 6.81. The summed E-state index contributed by atoms with van der Waals surface area (Å²) in [5, 5.41) is 2.76. The summed E-state index contributed by atoms with van der Waals surface area (Å²) in [4.78, 5) is 39.4. The summed E-state index contributed by atoms with van der Waals surface area (Å²) in [6.45, 7) is 4.73. The van der Waals surface area contributed by atoms with E-state index in [2.05, 4.69) is 5.32 Å². The number of rotatable bonds is 3. The minimum Gasteiger partial charge on any atom is -0.447 e. The number of amides is 4. The van der Waals surface area contributed by atoms with Crippen molar-refractivity contribution in [3.63, 3.8) is 0 Å². The molecule has 0 atom stereocenters. The second-order valence-electron chi connectivity index (χ2n) is 8.26. The smallest absolute Gasteiger partial charge is 0.415 e. The average Bonchev–Trinajstić information content (AvgIpc) is 3.43. The Labute approximate surface area is 198 Å². The highest BCUT2D eigenvalue weighted by Gasteiger charge is 2.49. The molecule has 0 bridgehead atoms. The molecule has 1 saturated carbocycles. The van der Waals surface area contributed by atoms with Gasteiger partial charge in [-0.1, -0.05) is 62.6 Å². The molecule has 0 aromatic heterocycles. The summed E-state index contributed by atoms with van der Waals surface area (Å²) in [5.41, 5.74) is 2.79. The van der Waals surface area contributed by atoms with Crippen LogP contribution < -0.4 is 15.1 Å². The van der Waals surface area contributed by atoms with Crippen LogP contribution in [0.15, 0.2) is 42.5 Å². The highest BCUT2D eigenvalue weighted by Crippen LogP contribution is 2.43. The number of imide groups is 1. The third kappa shape index (κ3) is 4.17. The summed E-state index contributed by atoms with van der Waals surface area (Å²) < 4.78 is 5.39. The number of urea groups is 1. The summed E-state index contributed by atoms with van der Waals surface area (Å²) in [6, 6.07) is 12.7. The van der Waals surface area contributed by atoms with E-state index in [1.54, 1.807) is 11.0 Å². The molecule has 1 aliphatic carbocycles. The number of nitrogens with one attached hydrogen (secondary N) is 1. The molecule has 2 saturated heterocycles. The van der Waals surface area contributed by atoms with Crippen molar-refractivity contribution < 1.29 is 19.1 Å². The molecule has 4 amide bonds. The van der Waals surface area contributed by atoms with Gasteiger partial charge in [0.25, 0.3) is 0 Å². The molecule has 2 aromatic carbocycles. The Morgan fingerprint density at radius 1 is 1.00 bits per heavy atom. The van der Waals surface area contributed by atoms with E-state index < -0.39 is 6.03 Å². The maximum absolute atomic E-state index is 12.4. The van der Waals surface area contributed by atoms with Crippen molar-refractivity contribution >= 4 is 41.0 Å². The predicted molar refractivity (Wildman–Crippen MR) is 129 cm³/mol. The third-order valence-electron chi connectivity index (χ3n) is 6.42. The molecule has 1 spiro atoms. The largest absolute Gasteiger partial charge is 0.447 e. The van der Waals surface area contributed by atoms with E-state index in [-0.39, 0.29) is 30.5 Å². The van der Waals surface area contributed by atoms with Gasteiger partial charge in [-0.3, -0.25) is 19.9 Å². The van der Waals surface area contributed by atoms with Crippen molar-refractivity contribution in [3.05, 3.63) is 47.5 Å². The average molecular weight is 470 g/mol. The van der Waals surface area contributed by atoms with Gasteiger partial charge in [-0.25, -0.2) is 9.59 Å². The van der Waals surface area contributed by atoms with Crippen molar-refractivity contribution in [2.24, 2.45) is 0 Å². The van der Waals surface area contributed by atoms with Crippen molar-refractivity contribution in [1.82, 2.24) is 5.32 Å². The Morgan fingerprint density at radius 2 is 1.70 bits per heavy atom. The zero-order valence-corrected chi connectivity index (χ0v) is 19.7. The molecule has 1 N–H and O–H groups in total. The second-order valence-corrected chi connectivity index (χ2v) is 8.64. The Kier molecular flexibility index (Phi) is 6.61. The molecule has 33 heavy (non-hydrogen) atoms. The van der Waals surface area contributed by atoms with E-state index in [0.717, 1.165) is 42.5 Å². The molecule has 0 radical (unpaired) electrons. The number of cyclic esters (lactones) is 1. The van der Waals surface area contributed by atoms with Crippen LogP contribution in [0.5, 0.6) is 0 Å². The second kappa shape index (κ2) is 9.43. The lowest BCUT2D eigenvalue weighted by Crippen LogP contribution is -2.49. The minimum atomic E-state index is -0.472. The SMILES string of the molecule is CC.O=C1CCN(c2cccc(-c3ccc(N4C(=O)OCC45CCCC5)cc3)c2Cl)C(=O)N1. The van der Waals surface area contributed by atoms with E-state index in [1.807, 2.05) is 50.2 Å². The number of anilines is 2. The Hall–Kier alpha value is -3.06. The van der Waals surface area contributed by atoms with Crippen LogP contribution in [-0.2, 0) is 9.53 Å². The van der Waals surface area contributed by atoms with Gasteiger partial charge in [-0.15, -0.1) is 0 Å². The molecule has 3 fully saturated rings. The molecule has 7 nitrogen and oxygen atoms in total. The normalized spacial score (nSPS) is 19.3. The number of hydrogen-bond donors (Lipinski definition) is 1. The van der Waals surface area contributed by atoms with Gasteiger partial charge in [-0.05, 0) is 36.6 Å². The molecule has 2 aliphatic heterocycles. The fourth-order valence-corrected chi connectivity index (χ4v) is 5.17. The quantitative estimate of drug-likeness (QED) is 0.620. The maximum atomic E-state index is 12.4. The van der Waals surface area contributed by atoms with Gasteiger partial charge in [0.1, 0.15) is 6.61 Å². The molecule has 5 rings (SSSR count). The predicted octanol–water partition coefficient (Wildman–Crippen LogP) is 5.75. The van der Waals surface area contributed by atoms with Gasteiger partial charge in [-0.2, -0.15) is 0 Å². The lowest BCUT2D eigenvalue weighted by Gasteiger charge is -2.31. The van der Waals surface area contributed by atoms with Crippen molar-refractivity contribution in [2.45, 2.75) is 51.5 Å². The summed E-state index contributed by atoms with van der Waals surface area (Å²) in [5.74, 6) is -0.287. The number of hydrogen-bond acceptors (Lipinski definition) is 4.